The summed E-state index contributed by atoms with van der Waals surface area (Å²) in [5.74, 6) is 0.270. The summed E-state index contributed by atoms with van der Waals surface area (Å²) in [6, 6.07) is 8.70. The molecule has 0 radical (unpaired) electrons. The van der Waals surface area contributed by atoms with Gasteiger partial charge in [-0.25, -0.2) is 0 Å². The van der Waals surface area contributed by atoms with E-state index in [1.165, 1.54) is 6.20 Å². The van der Waals surface area contributed by atoms with E-state index in [0.717, 1.165) is 23.1 Å². The number of aromatic nitrogens is 1. The Hall–Kier alpha value is -1.29. The standard InChI is InChI=1S/C16H15Cl2NO2/c17-12-6-5-11(14(18)9-12)8-15-13(2-1-7-19(15)21)16(20)10-3-4-10/h1-2,5-7,9-10,16,20H,3-4,8H2. The maximum atomic E-state index is 12.1. The van der Waals surface area contributed by atoms with Gasteiger partial charge in [0.15, 0.2) is 6.20 Å². The summed E-state index contributed by atoms with van der Waals surface area (Å²) in [6.45, 7) is 0. The number of aliphatic hydroxyl groups excluding tert-OH is 1. The molecule has 5 heteroatoms. The first-order valence-electron chi connectivity index (χ1n) is 6.89. The summed E-state index contributed by atoms with van der Waals surface area (Å²) < 4.78 is 0.811. The van der Waals surface area contributed by atoms with Crippen molar-refractivity contribution in [1.29, 1.82) is 0 Å². The van der Waals surface area contributed by atoms with Crippen LogP contribution in [0.25, 0.3) is 0 Å². The minimum absolute atomic E-state index is 0.270. The van der Waals surface area contributed by atoms with Crippen LogP contribution in [0.15, 0.2) is 36.5 Å². The molecule has 0 spiro atoms. The molecule has 3 nitrogen and oxygen atoms in total. The van der Waals surface area contributed by atoms with Crippen LogP contribution >= 0.6 is 23.2 Å². The summed E-state index contributed by atoms with van der Waals surface area (Å²) in [6.07, 6.45) is 3.26. The third kappa shape index (κ3) is 3.15. The zero-order valence-electron chi connectivity index (χ0n) is 11.3. The fraction of sp³-hybridized carbons (Fsp3) is 0.312. The predicted octanol–water partition coefficient (Wildman–Crippen LogP) is 3.66. The molecule has 1 aliphatic rings. The third-order valence-electron chi connectivity index (χ3n) is 3.86. The van der Waals surface area contributed by atoms with E-state index in [9.17, 15) is 10.3 Å². The van der Waals surface area contributed by atoms with Crippen molar-refractivity contribution in [2.24, 2.45) is 5.92 Å². The van der Waals surface area contributed by atoms with Gasteiger partial charge in [-0.3, -0.25) is 0 Å². The highest BCUT2D eigenvalue weighted by molar-refractivity contribution is 6.35. The van der Waals surface area contributed by atoms with Crippen LogP contribution in [0.2, 0.25) is 10.0 Å². The highest BCUT2D eigenvalue weighted by Crippen LogP contribution is 2.41. The molecule has 1 atom stereocenters. The normalized spacial score (nSPS) is 16.0. The molecule has 0 bridgehead atoms. The third-order valence-corrected chi connectivity index (χ3v) is 4.44. The van der Waals surface area contributed by atoms with Crippen molar-refractivity contribution in [2.75, 3.05) is 0 Å². The van der Waals surface area contributed by atoms with E-state index < -0.39 is 6.10 Å². The maximum absolute atomic E-state index is 12.1. The minimum atomic E-state index is -0.576. The molecule has 3 rings (SSSR count). The van der Waals surface area contributed by atoms with Crippen LogP contribution in [0, 0.1) is 11.1 Å². The molecule has 1 aromatic carbocycles. The molecule has 1 heterocycles. The Labute approximate surface area is 133 Å². The van der Waals surface area contributed by atoms with Gasteiger partial charge in [-0.15, -0.1) is 0 Å². The van der Waals surface area contributed by atoms with E-state index in [1.54, 1.807) is 18.2 Å². The largest absolute Gasteiger partial charge is 0.618 e. The minimum Gasteiger partial charge on any atom is -0.618 e. The number of hydrogen-bond acceptors (Lipinski definition) is 2. The van der Waals surface area contributed by atoms with Gasteiger partial charge in [-0.05, 0) is 42.5 Å². The molecule has 0 aliphatic heterocycles. The lowest BCUT2D eigenvalue weighted by atomic mass is 9.99. The molecule has 2 aromatic rings. The number of halogens is 2. The molecule has 1 saturated carbocycles. The van der Waals surface area contributed by atoms with Gasteiger partial charge in [0.05, 0.1) is 12.5 Å². The Morgan fingerprint density at radius 3 is 2.71 bits per heavy atom. The van der Waals surface area contributed by atoms with Crippen LogP contribution in [0.3, 0.4) is 0 Å². The number of pyridine rings is 1. The smallest absolute Gasteiger partial charge is 0.203 e. The van der Waals surface area contributed by atoms with Crippen molar-refractivity contribution in [3.63, 3.8) is 0 Å². The first-order chi connectivity index (χ1) is 10.1. The van der Waals surface area contributed by atoms with E-state index in [2.05, 4.69) is 0 Å². The number of aliphatic hydroxyl groups is 1. The molecule has 0 saturated heterocycles. The molecule has 1 unspecified atom stereocenters. The molecule has 1 aliphatic carbocycles. The monoisotopic (exact) mass is 323 g/mol. The van der Waals surface area contributed by atoms with Gasteiger partial charge in [0.1, 0.15) is 0 Å². The maximum Gasteiger partial charge on any atom is 0.203 e. The fourth-order valence-electron chi connectivity index (χ4n) is 2.50. The molecular formula is C16H15Cl2NO2. The summed E-state index contributed by atoms with van der Waals surface area (Å²) in [4.78, 5) is 0. The Kier molecular flexibility index (Phi) is 4.07. The Morgan fingerprint density at radius 2 is 2.05 bits per heavy atom. The van der Waals surface area contributed by atoms with Crippen molar-refractivity contribution in [2.45, 2.75) is 25.4 Å². The Balaban J connectivity index is 1.97. The lowest BCUT2D eigenvalue weighted by Crippen LogP contribution is -2.33. The fourth-order valence-corrected chi connectivity index (χ4v) is 2.97. The Bertz CT molecular complexity index is 671. The van der Waals surface area contributed by atoms with E-state index in [0.29, 0.717) is 27.7 Å². The van der Waals surface area contributed by atoms with Gasteiger partial charge in [0.25, 0.3) is 0 Å². The van der Waals surface area contributed by atoms with Crippen LogP contribution in [-0.2, 0) is 6.42 Å². The number of benzene rings is 1. The molecule has 1 fully saturated rings. The Morgan fingerprint density at radius 1 is 1.29 bits per heavy atom. The van der Waals surface area contributed by atoms with E-state index in [4.69, 9.17) is 23.2 Å². The second-order valence-electron chi connectivity index (χ2n) is 5.43. The van der Waals surface area contributed by atoms with Crippen LogP contribution in [-0.4, -0.2) is 5.11 Å². The lowest BCUT2D eigenvalue weighted by Gasteiger charge is -2.15. The van der Waals surface area contributed by atoms with Crippen LogP contribution < -0.4 is 4.73 Å². The first kappa shape index (κ1) is 14.6. The predicted molar refractivity (Wildman–Crippen MR) is 82.4 cm³/mol. The number of rotatable bonds is 4. The van der Waals surface area contributed by atoms with Gasteiger partial charge in [-0.2, -0.15) is 4.73 Å². The molecule has 1 N–H and O–H groups in total. The van der Waals surface area contributed by atoms with Gasteiger partial charge in [0, 0.05) is 21.7 Å². The molecule has 1 aromatic heterocycles. The zero-order chi connectivity index (χ0) is 15.0. The second-order valence-corrected chi connectivity index (χ2v) is 6.27. The van der Waals surface area contributed by atoms with Crippen LogP contribution in [0.5, 0.6) is 0 Å². The van der Waals surface area contributed by atoms with E-state index in [-0.39, 0.29) is 5.92 Å². The van der Waals surface area contributed by atoms with Crippen molar-refractivity contribution in [3.05, 3.63) is 68.6 Å². The summed E-state index contributed by atoms with van der Waals surface area (Å²) in [7, 11) is 0. The van der Waals surface area contributed by atoms with E-state index >= 15 is 0 Å². The summed E-state index contributed by atoms with van der Waals surface area (Å²) >= 11 is 12.1. The van der Waals surface area contributed by atoms with E-state index in [1.807, 2.05) is 12.1 Å². The highest BCUT2D eigenvalue weighted by atomic mass is 35.5. The van der Waals surface area contributed by atoms with Crippen molar-refractivity contribution >= 4 is 23.2 Å². The average Bonchev–Trinajstić information content (AvgIpc) is 3.27. The van der Waals surface area contributed by atoms with Crippen molar-refractivity contribution < 1.29 is 9.84 Å². The SMILES string of the molecule is [O-][n+]1cccc(C(O)C2CC2)c1Cc1ccc(Cl)cc1Cl. The van der Waals surface area contributed by atoms with Gasteiger partial charge >= 0.3 is 0 Å². The van der Waals surface area contributed by atoms with Gasteiger partial charge in [0.2, 0.25) is 5.69 Å². The quantitative estimate of drug-likeness (QED) is 0.689. The average molecular weight is 324 g/mol. The zero-order valence-corrected chi connectivity index (χ0v) is 12.8. The molecule has 110 valence electrons. The number of nitrogens with zero attached hydrogens (tertiary/aromatic N) is 1. The number of hydrogen-bond donors (Lipinski definition) is 1. The molecule has 21 heavy (non-hydrogen) atoms. The highest BCUT2D eigenvalue weighted by Gasteiger charge is 2.34. The van der Waals surface area contributed by atoms with Gasteiger partial charge < -0.3 is 10.3 Å². The van der Waals surface area contributed by atoms with Gasteiger partial charge in [-0.1, -0.05) is 29.3 Å². The van der Waals surface area contributed by atoms with Crippen molar-refractivity contribution in [3.8, 4) is 0 Å². The summed E-state index contributed by atoms with van der Waals surface area (Å²) in [5.41, 5.74) is 2.06. The van der Waals surface area contributed by atoms with Crippen LogP contribution in [0.4, 0.5) is 0 Å². The second kappa shape index (κ2) is 5.84. The molecular weight excluding hydrogens is 309 g/mol. The topological polar surface area (TPSA) is 47.2 Å². The summed E-state index contributed by atoms with van der Waals surface area (Å²) in [5, 5.41) is 23.5. The first-order valence-corrected chi connectivity index (χ1v) is 7.65. The van der Waals surface area contributed by atoms with Crippen LogP contribution in [0.1, 0.15) is 35.8 Å². The van der Waals surface area contributed by atoms with Crippen molar-refractivity contribution in [1.82, 2.24) is 0 Å². The lowest BCUT2D eigenvalue weighted by molar-refractivity contribution is -0.614. The molecule has 0 amide bonds.